The Balaban J connectivity index is 1.53. The molecule has 0 aliphatic heterocycles. The van der Waals surface area contributed by atoms with Gasteiger partial charge >= 0.3 is 0 Å². The van der Waals surface area contributed by atoms with Gasteiger partial charge in [0.05, 0.1) is 0 Å². The van der Waals surface area contributed by atoms with Crippen LogP contribution in [0.15, 0.2) is 23.8 Å². The molecule has 3 fully saturated rings. The van der Waals surface area contributed by atoms with E-state index in [0.29, 0.717) is 16.7 Å². The molecular formula is C28H46. The number of hydrogen-bond acceptors (Lipinski definition) is 0. The summed E-state index contributed by atoms with van der Waals surface area (Å²) in [4.78, 5) is 0. The van der Waals surface area contributed by atoms with Crippen molar-refractivity contribution in [2.24, 2.45) is 52.3 Å². The van der Waals surface area contributed by atoms with E-state index >= 15 is 0 Å². The summed E-state index contributed by atoms with van der Waals surface area (Å²) in [7, 11) is 0. The zero-order valence-electron chi connectivity index (χ0n) is 19.6. The smallest absolute Gasteiger partial charge is 0.00853 e. The third-order valence-electron chi connectivity index (χ3n) is 10.5. The van der Waals surface area contributed by atoms with Crippen LogP contribution in [-0.4, -0.2) is 0 Å². The Labute approximate surface area is 175 Å². The number of hydrogen-bond donors (Lipinski definition) is 0. The Hall–Kier alpha value is -0.520. The quantitative estimate of drug-likeness (QED) is 0.428. The van der Waals surface area contributed by atoms with Crippen LogP contribution in [0, 0.1) is 52.3 Å². The predicted molar refractivity (Wildman–Crippen MR) is 122 cm³/mol. The van der Waals surface area contributed by atoms with E-state index in [4.69, 9.17) is 0 Å². The third kappa shape index (κ3) is 3.26. The summed E-state index contributed by atoms with van der Waals surface area (Å²) in [5.41, 5.74) is 3.00. The van der Waals surface area contributed by atoms with Gasteiger partial charge in [0.2, 0.25) is 0 Å². The van der Waals surface area contributed by atoms with Crippen molar-refractivity contribution in [1.82, 2.24) is 0 Å². The summed E-state index contributed by atoms with van der Waals surface area (Å²) >= 11 is 0. The standard InChI is InChI=1S/C28H46/c1-19(2)20(3)10-11-21(4)24-14-15-25-23-13-12-22-9-7-8-17-27(22,5)26(23)16-18-28(24,25)6/h10-12,19-21,23-26H,7-9,13-18H2,1-6H3/b11-10+/t20?,21?,23?,24?,25?,26?,27-,28+/m0/s1. The summed E-state index contributed by atoms with van der Waals surface area (Å²) in [6.45, 7) is 15.0. The molecule has 0 spiro atoms. The average Bonchev–Trinajstić information content (AvgIpc) is 3.02. The number of rotatable bonds is 4. The van der Waals surface area contributed by atoms with Crippen molar-refractivity contribution in [1.29, 1.82) is 0 Å². The molecule has 0 N–H and O–H groups in total. The fraction of sp³-hybridized carbons (Fsp3) is 0.857. The molecule has 28 heavy (non-hydrogen) atoms. The molecule has 4 aliphatic carbocycles. The molecule has 0 aromatic carbocycles. The van der Waals surface area contributed by atoms with Gasteiger partial charge in [-0.05, 0) is 104 Å². The molecule has 3 saturated carbocycles. The molecule has 0 aromatic rings. The van der Waals surface area contributed by atoms with E-state index in [-0.39, 0.29) is 0 Å². The summed E-state index contributed by atoms with van der Waals surface area (Å²) in [5.74, 6) is 6.04. The van der Waals surface area contributed by atoms with E-state index in [2.05, 4.69) is 59.8 Å². The molecular weight excluding hydrogens is 336 g/mol. The van der Waals surface area contributed by atoms with Crippen molar-refractivity contribution in [2.45, 2.75) is 99.3 Å². The lowest BCUT2D eigenvalue weighted by Crippen LogP contribution is -2.49. The van der Waals surface area contributed by atoms with Crippen LogP contribution in [0.25, 0.3) is 0 Å². The Morgan fingerprint density at radius 3 is 2.46 bits per heavy atom. The highest BCUT2D eigenvalue weighted by atomic mass is 14.6. The fourth-order valence-corrected chi connectivity index (χ4v) is 8.31. The molecule has 0 aromatic heterocycles. The molecule has 6 unspecified atom stereocenters. The van der Waals surface area contributed by atoms with Crippen LogP contribution in [0.3, 0.4) is 0 Å². The first-order valence-electron chi connectivity index (χ1n) is 12.6. The molecule has 0 heteroatoms. The van der Waals surface area contributed by atoms with E-state index in [1.807, 2.05) is 5.57 Å². The largest absolute Gasteiger partial charge is 0.0852 e. The van der Waals surface area contributed by atoms with Gasteiger partial charge in [-0.3, -0.25) is 0 Å². The molecule has 0 nitrogen and oxygen atoms in total. The van der Waals surface area contributed by atoms with Crippen molar-refractivity contribution in [3.63, 3.8) is 0 Å². The molecule has 0 saturated heterocycles. The van der Waals surface area contributed by atoms with E-state index in [1.165, 1.54) is 57.8 Å². The van der Waals surface area contributed by atoms with Gasteiger partial charge in [0, 0.05) is 0 Å². The van der Waals surface area contributed by atoms with Crippen LogP contribution in [-0.2, 0) is 0 Å². The number of allylic oxidation sites excluding steroid dienone is 4. The maximum Gasteiger partial charge on any atom is -0.00853 e. The van der Waals surface area contributed by atoms with Gasteiger partial charge in [-0.15, -0.1) is 0 Å². The maximum absolute atomic E-state index is 2.73. The van der Waals surface area contributed by atoms with E-state index in [1.54, 1.807) is 0 Å². The maximum atomic E-state index is 2.73. The lowest BCUT2D eigenvalue weighted by molar-refractivity contribution is -0.0462. The summed E-state index contributed by atoms with van der Waals surface area (Å²) in [5, 5.41) is 0. The minimum Gasteiger partial charge on any atom is -0.0852 e. The average molecular weight is 383 g/mol. The molecule has 0 bridgehead atoms. The van der Waals surface area contributed by atoms with Gasteiger partial charge in [0.25, 0.3) is 0 Å². The molecule has 0 amide bonds. The Kier molecular flexibility index (Phi) is 5.65. The van der Waals surface area contributed by atoms with Crippen molar-refractivity contribution < 1.29 is 0 Å². The zero-order valence-corrected chi connectivity index (χ0v) is 19.6. The first-order valence-corrected chi connectivity index (χ1v) is 12.6. The van der Waals surface area contributed by atoms with Crippen LogP contribution >= 0.6 is 0 Å². The summed E-state index contributed by atoms with van der Waals surface area (Å²) < 4.78 is 0. The predicted octanol–water partition coefficient (Wildman–Crippen LogP) is 8.44. The van der Waals surface area contributed by atoms with Crippen molar-refractivity contribution in [3.8, 4) is 0 Å². The number of fused-ring (bicyclic) bond motifs is 5. The molecule has 4 aliphatic rings. The van der Waals surface area contributed by atoms with E-state index in [0.717, 1.165) is 35.5 Å². The summed E-state index contributed by atoms with van der Waals surface area (Å²) in [6, 6.07) is 0. The van der Waals surface area contributed by atoms with Crippen LogP contribution in [0.4, 0.5) is 0 Å². The molecule has 158 valence electrons. The second kappa shape index (κ2) is 7.63. The lowest BCUT2D eigenvalue weighted by Gasteiger charge is -2.58. The highest BCUT2D eigenvalue weighted by Gasteiger charge is 2.58. The third-order valence-corrected chi connectivity index (χ3v) is 10.5. The van der Waals surface area contributed by atoms with Crippen molar-refractivity contribution in [2.75, 3.05) is 0 Å². The lowest BCUT2D eigenvalue weighted by atomic mass is 9.47. The Bertz CT molecular complexity index is 624. The first-order chi connectivity index (χ1) is 13.3. The van der Waals surface area contributed by atoms with Gasteiger partial charge in [-0.1, -0.05) is 71.8 Å². The monoisotopic (exact) mass is 382 g/mol. The first kappa shape index (κ1) is 20.7. The van der Waals surface area contributed by atoms with Gasteiger partial charge in [-0.2, -0.15) is 0 Å². The second-order valence-electron chi connectivity index (χ2n) is 12.0. The second-order valence-corrected chi connectivity index (χ2v) is 12.0. The van der Waals surface area contributed by atoms with Crippen LogP contribution in [0.5, 0.6) is 0 Å². The molecule has 8 atom stereocenters. The van der Waals surface area contributed by atoms with Gasteiger partial charge < -0.3 is 0 Å². The normalized spacial score (nSPS) is 45.3. The SMILES string of the molecule is CC(C)C(C)/C=C/C(C)C1CCC2C3CC=C4CCCC[C@]4(C)C3CC[C@]12C. The molecule has 0 heterocycles. The highest BCUT2D eigenvalue weighted by molar-refractivity contribution is 5.24. The molecule has 4 rings (SSSR count). The minimum absolute atomic E-state index is 0.554. The van der Waals surface area contributed by atoms with E-state index < -0.39 is 0 Å². The van der Waals surface area contributed by atoms with Gasteiger partial charge in [0.1, 0.15) is 0 Å². The van der Waals surface area contributed by atoms with E-state index in [9.17, 15) is 0 Å². The highest BCUT2D eigenvalue weighted by Crippen LogP contribution is 2.67. The van der Waals surface area contributed by atoms with Crippen molar-refractivity contribution in [3.05, 3.63) is 23.8 Å². The minimum atomic E-state index is 0.554. The zero-order chi connectivity index (χ0) is 20.1. The Morgan fingerprint density at radius 1 is 0.929 bits per heavy atom. The fourth-order valence-electron chi connectivity index (χ4n) is 8.31. The molecule has 0 radical (unpaired) electrons. The van der Waals surface area contributed by atoms with Crippen LogP contribution in [0.1, 0.15) is 99.3 Å². The van der Waals surface area contributed by atoms with Crippen LogP contribution < -0.4 is 0 Å². The van der Waals surface area contributed by atoms with Crippen molar-refractivity contribution >= 4 is 0 Å². The topological polar surface area (TPSA) is 0 Å². The summed E-state index contributed by atoms with van der Waals surface area (Å²) in [6.07, 6.45) is 21.0. The Morgan fingerprint density at radius 2 is 1.71 bits per heavy atom. The van der Waals surface area contributed by atoms with Crippen LogP contribution in [0.2, 0.25) is 0 Å². The van der Waals surface area contributed by atoms with Gasteiger partial charge in [0.15, 0.2) is 0 Å². The van der Waals surface area contributed by atoms with Gasteiger partial charge in [-0.25, -0.2) is 0 Å².